The molecule has 2 amide bonds. The van der Waals surface area contributed by atoms with Crippen molar-refractivity contribution in [2.24, 2.45) is 23.2 Å². The SMILES string of the molecule is C=CCOC(=O)[C@H]1[C@@H]2SC3(CC2Br)C(C(=O)N(CC=C)C(C)(C)CC(C)(C)C)N([C@@H](CO)CC(C)C)C(=O)[C@H]13. The molecule has 7 atom stereocenters. The second-order valence-electron chi connectivity index (χ2n) is 13.6. The van der Waals surface area contributed by atoms with Crippen LogP contribution < -0.4 is 0 Å². The number of carbonyl (C=O) groups excluding carboxylic acids is 3. The van der Waals surface area contributed by atoms with E-state index in [0.717, 1.165) is 6.42 Å². The normalized spacial score (nSPS) is 30.9. The highest BCUT2D eigenvalue weighted by molar-refractivity contribution is 9.09. The maximum absolute atomic E-state index is 14.9. The first-order chi connectivity index (χ1) is 18.1. The molecule has 0 aromatic rings. The summed E-state index contributed by atoms with van der Waals surface area (Å²) in [6, 6.07) is -1.33. The lowest BCUT2D eigenvalue weighted by Gasteiger charge is -2.47. The molecule has 0 aliphatic carbocycles. The fourth-order valence-corrected chi connectivity index (χ4v) is 11.0. The number of halogens is 1. The van der Waals surface area contributed by atoms with Crippen LogP contribution in [0.4, 0.5) is 0 Å². The van der Waals surface area contributed by atoms with Crippen LogP contribution in [0.5, 0.6) is 0 Å². The number of esters is 1. The van der Waals surface area contributed by atoms with Gasteiger partial charge in [0.1, 0.15) is 12.6 Å². The number of hydrogen-bond acceptors (Lipinski definition) is 6. The highest BCUT2D eigenvalue weighted by Gasteiger charge is 2.77. The van der Waals surface area contributed by atoms with E-state index < -0.39 is 40.2 Å². The number of likely N-dealkylation sites (tertiary alicyclic amines) is 1. The van der Waals surface area contributed by atoms with Crippen molar-refractivity contribution >= 4 is 45.5 Å². The van der Waals surface area contributed by atoms with Gasteiger partial charge in [0, 0.05) is 22.2 Å². The largest absolute Gasteiger partial charge is 0.461 e. The van der Waals surface area contributed by atoms with Crippen molar-refractivity contribution < 1.29 is 24.2 Å². The van der Waals surface area contributed by atoms with Gasteiger partial charge in [0.15, 0.2) is 0 Å². The highest BCUT2D eigenvalue weighted by Crippen LogP contribution is 2.68. The quantitative estimate of drug-likeness (QED) is 0.190. The molecular weight excluding hydrogens is 580 g/mol. The van der Waals surface area contributed by atoms with Gasteiger partial charge in [-0.2, -0.15) is 0 Å². The molecule has 3 rings (SSSR count). The lowest BCUT2D eigenvalue weighted by molar-refractivity contribution is -0.153. The minimum atomic E-state index is -0.808. The van der Waals surface area contributed by atoms with Crippen LogP contribution in [-0.2, 0) is 19.1 Å². The van der Waals surface area contributed by atoms with Gasteiger partial charge < -0.3 is 19.6 Å². The number of carbonyl (C=O) groups is 3. The van der Waals surface area contributed by atoms with Crippen molar-refractivity contribution in [1.29, 1.82) is 0 Å². The van der Waals surface area contributed by atoms with Gasteiger partial charge in [-0.1, -0.05) is 69.3 Å². The summed E-state index contributed by atoms with van der Waals surface area (Å²) in [5, 5.41) is 10.3. The Bertz CT molecular complexity index is 979. The van der Waals surface area contributed by atoms with Gasteiger partial charge in [-0.05, 0) is 44.4 Å². The molecular formula is C30H47BrN2O5S. The average Bonchev–Trinajstić information content (AvgIpc) is 3.40. The molecule has 3 heterocycles. The first-order valence-corrected chi connectivity index (χ1v) is 15.8. The lowest BCUT2D eigenvalue weighted by atomic mass is 9.70. The summed E-state index contributed by atoms with van der Waals surface area (Å²) in [4.78, 5) is 46.1. The predicted molar refractivity (Wildman–Crippen MR) is 161 cm³/mol. The third-order valence-corrected chi connectivity index (χ3v) is 11.4. The number of amides is 2. The number of alkyl halides is 1. The maximum atomic E-state index is 14.9. The van der Waals surface area contributed by atoms with Gasteiger partial charge in [0.05, 0.1) is 29.2 Å². The predicted octanol–water partition coefficient (Wildman–Crippen LogP) is 4.82. The van der Waals surface area contributed by atoms with Crippen LogP contribution in [0.3, 0.4) is 0 Å². The van der Waals surface area contributed by atoms with Crippen molar-refractivity contribution in [3.63, 3.8) is 0 Å². The molecule has 3 aliphatic rings. The van der Waals surface area contributed by atoms with Gasteiger partial charge in [-0.3, -0.25) is 14.4 Å². The monoisotopic (exact) mass is 626 g/mol. The van der Waals surface area contributed by atoms with E-state index in [-0.39, 0.29) is 46.4 Å². The summed E-state index contributed by atoms with van der Waals surface area (Å²) in [5.74, 6) is -1.96. The fourth-order valence-electron chi connectivity index (χ4n) is 7.37. The molecule has 0 radical (unpaired) electrons. The van der Waals surface area contributed by atoms with Crippen LogP contribution >= 0.6 is 27.7 Å². The summed E-state index contributed by atoms with van der Waals surface area (Å²) in [6.45, 7) is 22.4. The van der Waals surface area contributed by atoms with E-state index in [4.69, 9.17) is 4.74 Å². The molecule has 2 bridgehead atoms. The molecule has 0 aromatic carbocycles. The first kappa shape index (κ1) is 32.2. The molecule has 0 saturated carbocycles. The Morgan fingerprint density at radius 3 is 2.41 bits per heavy atom. The summed E-state index contributed by atoms with van der Waals surface area (Å²) >= 11 is 5.38. The maximum Gasteiger partial charge on any atom is 0.311 e. The van der Waals surface area contributed by atoms with Crippen LogP contribution in [0.2, 0.25) is 0 Å². The van der Waals surface area contributed by atoms with E-state index >= 15 is 0 Å². The van der Waals surface area contributed by atoms with E-state index in [1.807, 2.05) is 18.7 Å². The Morgan fingerprint density at radius 2 is 1.90 bits per heavy atom. The van der Waals surface area contributed by atoms with Gasteiger partial charge in [-0.25, -0.2) is 0 Å². The van der Waals surface area contributed by atoms with E-state index in [1.165, 1.54) is 6.08 Å². The van der Waals surface area contributed by atoms with Gasteiger partial charge in [0.2, 0.25) is 11.8 Å². The third-order valence-electron chi connectivity index (χ3n) is 8.20. The standard InChI is InChI=1S/C30H47BrN2O5S/c1-10-12-32(29(8,9)17-28(5,6)7)26(36)24-30-15-20(31)23(39-30)21(27(37)38-13-11-2)22(30)25(35)33(24)19(16-34)14-18(3)4/h10-11,18-24,34H,1-2,12-17H2,3-9H3/t19-,20?,21-,22+,23-,24?,30?/m1/s1. The summed E-state index contributed by atoms with van der Waals surface area (Å²) in [5.41, 5.74) is -0.556. The lowest BCUT2D eigenvalue weighted by Crippen LogP contribution is -2.62. The molecule has 0 aromatic heterocycles. The van der Waals surface area contributed by atoms with E-state index in [2.05, 4.69) is 63.7 Å². The van der Waals surface area contributed by atoms with Crippen LogP contribution in [0, 0.1) is 23.2 Å². The van der Waals surface area contributed by atoms with Gasteiger partial charge >= 0.3 is 5.97 Å². The number of rotatable bonds is 12. The topological polar surface area (TPSA) is 87.2 Å². The summed E-state index contributed by atoms with van der Waals surface area (Å²) in [6.07, 6.45) is 5.14. The molecule has 3 aliphatic heterocycles. The third kappa shape index (κ3) is 6.01. The minimum Gasteiger partial charge on any atom is -0.461 e. The zero-order chi connectivity index (χ0) is 29.5. The summed E-state index contributed by atoms with van der Waals surface area (Å²) in [7, 11) is 0. The number of fused-ring (bicyclic) bond motifs is 1. The molecule has 3 unspecified atom stereocenters. The van der Waals surface area contributed by atoms with Crippen LogP contribution in [-0.4, -0.2) is 84.9 Å². The highest BCUT2D eigenvalue weighted by atomic mass is 79.9. The minimum absolute atomic E-state index is 0.0397. The first-order valence-electron chi connectivity index (χ1n) is 14.0. The van der Waals surface area contributed by atoms with Crippen LogP contribution in [0.25, 0.3) is 0 Å². The Hall–Kier alpha value is -1.32. The Labute approximate surface area is 247 Å². The van der Waals surface area contributed by atoms with Crippen molar-refractivity contribution in [2.45, 2.75) is 100 Å². The smallest absolute Gasteiger partial charge is 0.311 e. The molecule has 9 heteroatoms. The number of nitrogens with zero attached hydrogens (tertiary/aromatic N) is 2. The Balaban J connectivity index is 2.17. The molecule has 3 saturated heterocycles. The number of thioether (sulfide) groups is 1. The molecule has 220 valence electrons. The number of ether oxygens (including phenoxy) is 1. The number of aliphatic hydroxyl groups excluding tert-OH is 1. The molecule has 39 heavy (non-hydrogen) atoms. The van der Waals surface area contributed by atoms with E-state index in [9.17, 15) is 19.5 Å². The average molecular weight is 628 g/mol. The van der Waals surface area contributed by atoms with Crippen molar-refractivity contribution in [3.05, 3.63) is 25.3 Å². The zero-order valence-electron chi connectivity index (χ0n) is 24.6. The van der Waals surface area contributed by atoms with Gasteiger partial charge in [-0.15, -0.1) is 18.3 Å². The van der Waals surface area contributed by atoms with Crippen LogP contribution in [0.15, 0.2) is 25.3 Å². The zero-order valence-corrected chi connectivity index (χ0v) is 27.0. The van der Waals surface area contributed by atoms with Crippen molar-refractivity contribution in [1.82, 2.24) is 9.80 Å². The van der Waals surface area contributed by atoms with E-state index in [1.54, 1.807) is 22.7 Å². The van der Waals surface area contributed by atoms with E-state index in [0.29, 0.717) is 19.4 Å². The molecule has 1 spiro atoms. The molecule has 7 nitrogen and oxygen atoms in total. The number of hydrogen-bond donors (Lipinski definition) is 1. The Morgan fingerprint density at radius 1 is 1.26 bits per heavy atom. The second-order valence-corrected chi connectivity index (χ2v) is 16.3. The summed E-state index contributed by atoms with van der Waals surface area (Å²) < 4.78 is 4.69. The molecule has 1 N–H and O–H groups in total. The van der Waals surface area contributed by atoms with Gasteiger partial charge in [0.25, 0.3) is 0 Å². The Kier molecular flexibility index (Phi) is 9.81. The number of aliphatic hydroxyl groups is 1. The van der Waals surface area contributed by atoms with Crippen molar-refractivity contribution in [2.75, 3.05) is 19.8 Å². The second kappa shape index (κ2) is 11.9. The molecule has 3 fully saturated rings. The van der Waals surface area contributed by atoms with Crippen molar-refractivity contribution in [3.8, 4) is 0 Å². The van der Waals surface area contributed by atoms with Crippen LogP contribution in [0.1, 0.15) is 67.7 Å². The fraction of sp³-hybridized carbons (Fsp3) is 0.767.